The predicted molar refractivity (Wildman–Crippen MR) is 55.5 cm³/mol. The summed E-state index contributed by atoms with van der Waals surface area (Å²) in [6.07, 6.45) is 0. The van der Waals surface area contributed by atoms with E-state index in [4.69, 9.17) is 0 Å². The molecule has 0 heterocycles. The molecule has 0 bridgehead atoms. The van der Waals surface area contributed by atoms with Crippen LogP contribution in [0.4, 0.5) is 0 Å². The Kier molecular flexibility index (Phi) is 5.50. The Morgan fingerprint density at radius 2 is 1.00 bits per heavy atom. The van der Waals surface area contributed by atoms with Gasteiger partial charge in [0.15, 0.2) is 0 Å². The monoisotopic (exact) mass is 265 g/mol. The number of thiol groups is 4. The zero-order valence-electron chi connectivity index (χ0n) is 5.28. The molecule has 1 aromatic rings. The van der Waals surface area contributed by atoms with Gasteiger partial charge in [0.25, 0.3) is 0 Å². The van der Waals surface area contributed by atoms with Crippen molar-refractivity contribution in [3.05, 3.63) is 12.1 Å². The third-order valence-electron chi connectivity index (χ3n) is 1.11. The number of hydrogen-bond acceptors (Lipinski definition) is 4. The van der Waals surface area contributed by atoms with Gasteiger partial charge >= 0.3 is 0 Å². The molecule has 0 saturated carbocycles. The van der Waals surface area contributed by atoms with Crippen molar-refractivity contribution in [1.29, 1.82) is 0 Å². The van der Waals surface area contributed by atoms with E-state index in [-0.39, 0.29) is 16.8 Å². The molecule has 5 heteroatoms. The van der Waals surface area contributed by atoms with Crippen LogP contribution in [0.15, 0.2) is 31.7 Å². The Labute approximate surface area is 98.4 Å². The van der Waals surface area contributed by atoms with Gasteiger partial charge in [-0.3, -0.25) is 0 Å². The van der Waals surface area contributed by atoms with Crippen LogP contribution in [-0.4, -0.2) is 0 Å². The van der Waals surface area contributed by atoms with Gasteiger partial charge in [-0.15, -0.1) is 50.5 Å². The van der Waals surface area contributed by atoms with Gasteiger partial charge in [-0.1, -0.05) is 0 Å². The summed E-state index contributed by atoms with van der Waals surface area (Å²) in [5.74, 6) is 0. The van der Waals surface area contributed by atoms with Crippen molar-refractivity contribution in [3.63, 3.8) is 0 Å². The minimum Gasteiger partial charge on any atom is -0.142 e. The molecular weight excluding hydrogens is 259 g/mol. The topological polar surface area (TPSA) is 0 Å². The smallest absolute Gasteiger partial charge is 0.0319 e. The Morgan fingerprint density at radius 3 is 1.27 bits per heavy atom. The molecule has 1 aromatic carbocycles. The molecule has 1 radical (unpaired) electrons. The van der Waals surface area contributed by atoms with Gasteiger partial charge < -0.3 is 0 Å². The van der Waals surface area contributed by atoms with Crippen molar-refractivity contribution >= 4 is 50.5 Å². The minimum absolute atomic E-state index is 0. The fourth-order valence-electron chi connectivity index (χ4n) is 0.558. The van der Waals surface area contributed by atoms with E-state index < -0.39 is 0 Å². The number of hydrogen-bond donors (Lipinski definition) is 4. The average molecular weight is 265 g/mol. The normalized spacial score (nSPS) is 9.09. The van der Waals surface area contributed by atoms with Crippen LogP contribution in [-0.2, 0) is 16.8 Å². The second kappa shape index (κ2) is 4.99. The Morgan fingerprint density at radius 1 is 0.727 bits per heavy atom. The molecule has 0 spiro atoms. The van der Waals surface area contributed by atoms with Crippen molar-refractivity contribution in [1.82, 2.24) is 0 Å². The van der Waals surface area contributed by atoms with Crippen LogP contribution < -0.4 is 0 Å². The van der Waals surface area contributed by atoms with Gasteiger partial charge in [0.2, 0.25) is 0 Å². The molecule has 0 atom stereocenters. The molecule has 63 valence electrons. The van der Waals surface area contributed by atoms with Crippen molar-refractivity contribution < 1.29 is 16.8 Å². The predicted octanol–water partition coefficient (Wildman–Crippen LogP) is 2.84. The first-order valence-corrected chi connectivity index (χ1v) is 4.34. The van der Waals surface area contributed by atoms with Crippen LogP contribution in [0.2, 0.25) is 0 Å². The van der Waals surface area contributed by atoms with E-state index >= 15 is 0 Å². The Balaban J connectivity index is 0.000001000. The van der Waals surface area contributed by atoms with E-state index in [2.05, 4.69) is 50.5 Å². The Bertz CT molecular complexity index is 234. The van der Waals surface area contributed by atoms with E-state index in [0.717, 1.165) is 19.6 Å². The molecule has 0 aliphatic rings. The second-order valence-electron chi connectivity index (χ2n) is 1.80. The summed E-state index contributed by atoms with van der Waals surface area (Å²) >= 11 is 16.7. The SMILES string of the molecule is Sc1ccc(S)c(S)c1S.[Co]. The summed E-state index contributed by atoms with van der Waals surface area (Å²) in [6, 6.07) is 3.68. The first-order chi connectivity index (χ1) is 4.63. The average Bonchev–Trinajstić information content (AvgIpc) is 1.93. The molecular formula is C6H6CoS4. The third kappa shape index (κ3) is 2.82. The maximum Gasteiger partial charge on any atom is 0.0319 e. The fourth-order valence-corrected chi connectivity index (χ4v) is 1.50. The molecule has 0 saturated heterocycles. The molecule has 0 unspecified atom stereocenters. The quantitative estimate of drug-likeness (QED) is 0.509. The Hall–Kier alpha value is 1.13. The molecule has 0 nitrogen and oxygen atoms in total. The van der Waals surface area contributed by atoms with Gasteiger partial charge in [-0.25, -0.2) is 0 Å². The summed E-state index contributed by atoms with van der Waals surface area (Å²) in [7, 11) is 0. The van der Waals surface area contributed by atoms with Crippen molar-refractivity contribution in [2.45, 2.75) is 19.6 Å². The largest absolute Gasteiger partial charge is 0.142 e. The molecule has 0 aliphatic carbocycles. The minimum atomic E-state index is 0. The van der Waals surface area contributed by atoms with Gasteiger partial charge in [0, 0.05) is 36.4 Å². The van der Waals surface area contributed by atoms with Crippen molar-refractivity contribution in [2.24, 2.45) is 0 Å². The summed E-state index contributed by atoms with van der Waals surface area (Å²) in [6.45, 7) is 0. The fraction of sp³-hybridized carbons (Fsp3) is 0. The first-order valence-electron chi connectivity index (χ1n) is 2.56. The molecule has 0 aliphatic heterocycles. The van der Waals surface area contributed by atoms with Crippen molar-refractivity contribution in [2.75, 3.05) is 0 Å². The van der Waals surface area contributed by atoms with Crippen LogP contribution in [0.1, 0.15) is 0 Å². The molecule has 0 fully saturated rings. The van der Waals surface area contributed by atoms with E-state index in [9.17, 15) is 0 Å². The maximum atomic E-state index is 4.18. The molecule has 0 amide bonds. The van der Waals surface area contributed by atoms with Gasteiger partial charge in [-0.2, -0.15) is 0 Å². The second-order valence-corrected chi connectivity index (χ2v) is 3.66. The standard InChI is InChI=1S/C6H6S4.Co/c7-3-1-2-4(8)6(10)5(3)9;/h1-2,7-10H;. The number of rotatable bonds is 0. The first kappa shape index (κ1) is 12.1. The van der Waals surface area contributed by atoms with Gasteiger partial charge in [0.05, 0.1) is 0 Å². The van der Waals surface area contributed by atoms with Crippen LogP contribution in [0, 0.1) is 0 Å². The van der Waals surface area contributed by atoms with E-state index in [1.165, 1.54) is 0 Å². The zero-order valence-corrected chi connectivity index (χ0v) is 9.90. The molecule has 11 heavy (non-hydrogen) atoms. The summed E-state index contributed by atoms with van der Waals surface area (Å²) < 4.78 is 0. The summed E-state index contributed by atoms with van der Waals surface area (Å²) in [5, 5.41) is 0. The summed E-state index contributed by atoms with van der Waals surface area (Å²) in [5.41, 5.74) is 0. The van der Waals surface area contributed by atoms with Gasteiger partial charge in [0.1, 0.15) is 0 Å². The van der Waals surface area contributed by atoms with Gasteiger partial charge in [-0.05, 0) is 12.1 Å². The molecule has 0 N–H and O–H groups in total. The van der Waals surface area contributed by atoms with Crippen LogP contribution in [0.5, 0.6) is 0 Å². The van der Waals surface area contributed by atoms with E-state index in [0.29, 0.717) is 0 Å². The van der Waals surface area contributed by atoms with Crippen LogP contribution in [0.25, 0.3) is 0 Å². The maximum absolute atomic E-state index is 4.18. The van der Waals surface area contributed by atoms with E-state index in [1.807, 2.05) is 12.1 Å². The van der Waals surface area contributed by atoms with E-state index in [1.54, 1.807) is 0 Å². The van der Waals surface area contributed by atoms with Crippen LogP contribution in [0.3, 0.4) is 0 Å². The van der Waals surface area contributed by atoms with Crippen LogP contribution >= 0.6 is 50.5 Å². The molecule has 0 aromatic heterocycles. The zero-order chi connectivity index (χ0) is 7.72. The number of benzene rings is 1. The third-order valence-corrected chi connectivity index (χ3v) is 3.31. The summed E-state index contributed by atoms with van der Waals surface area (Å²) in [4.78, 5) is 3.20. The molecule has 1 rings (SSSR count). The van der Waals surface area contributed by atoms with Crippen molar-refractivity contribution in [3.8, 4) is 0 Å².